The molecular weight excluding hydrogens is 675 g/mol. The minimum absolute atomic E-state index is 0.499. The van der Waals surface area contributed by atoms with E-state index < -0.39 is 5.41 Å². The van der Waals surface area contributed by atoms with Crippen molar-refractivity contribution in [1.82, 2.24) is 15.0 Å². The number of rotatable bonds is 5. The van der Waals surface area contributed by atoms with Gasteiger partial charge < -0.3 is 9.47 Å². The first-order valence-electron chi connectivity index (χ1n) is 18.4. The van der Waals surface area contributed by atoms with Gasteiger partial charge in [-0.3, -0.25) is 0 Å². The van der Waals surface area contributed by atoms with Crippen LogP contribution >= 0.6 is 0 Å². The minimum atomic E-state index is -0.550. The highest BCUT2D eigenvalue weighted by atomic mass is 16.6. The molecule has 0 atom stereocenters. The molecule has 0 spiro atoms. The summed E-state index contributed by atoms with van der Waals surface area (Å²) in [7, 11) is 0. The van der Waals surface area contributed by atoms with Crippen molar-refractivity contribution in [3.8, 4) is 68.3 Å². The maximum absolute atomic E-state index is 7.00. The Hall–Kier alpha value is -7.37. The fourth-order valence-corrected chi connectivity index (χ4v) is 8.51. The topological polar surface area (TPSA) is 57.1 Å². The Morgan fingerprint density at radius 1 is 0.364 bits per heavy atom. The van der Waals surface area contributed by atoms with Crippen molar-refractivity contribution < 1.29 is 9.47 Å². The Balaban J connectivity index is 1.09. The summed E-state index contributed by atoms with van der Waals surface area (Å²) >= 11 is 0. The molecule has 5 heteroatoms. The van der Waals surface area contributed by atoms with Gasteiger partial charge in [0.15, 0.2) is 40.5 Å². The Bertz CT molecular complexity index is 2880. The number of para-hydroxylation sites is 1. The molecule has 1 aromatic heterocycles. The second-order valence-electron chi connectivity index (χ2n) is 13.9. The van der Waals surface area contributed by atoms with Gasteiger partial charge in [0.1, 0.15) is 0 Å². The lowest BCUT2D eigenvalue weighted by Gasteiger charge is -2.34. The van der Waals surface area contributed by atoms with Crippen LogP contribution in [0.25, 0.3) is 56.1 Å². The van der Waals surface area contributed by atoms with Gasteiger partial charge in [-0.25, -0.2) is 15.0 Å². The van der Waals surface area contributed by atoms with Crippen LogP contribution in [0.3, 0.4) is 0 Å². The predicted molar refractivity (Wildman–Crippen MR) is 218 cm³/mol. The van der Waals surface area contributed by atoms with Crippen LogP contribution in [-0.2, 0) is 5.41 Å². The number of fused-ring (bicyclic) bond motifs is 7. The van der Waals surface area contributed by atoms with E-state index in [1.807, 2.05) is 72.8 Å². The Morgan fingerprint density at radius 3 is 1.69 bits per heavy atom. The van der Waals surface area contributed by atoms with Gasteiger partial charge in [0, 0.05) is 16.7 Å². The predicted octanol–water partition coefficient (Wildman–Crippen LogP) is 12.3. The van der Waals surface area contributed by atoms with Gasteiger partial charge in [-0.2, -0.15) is 0 Å². The van der Waals surface area contributed by atoms with Crippen molar-refractivity contribution in [2.45, 2.75) is 5.41 Å². The zero-order valence-corrected chi connectivity index (χ0v) is 29.6. The van der Waals surface area contributed by atoms with Crippen LogP contribution in [-0.4, -0.2) is 15.0 Å². The number of benzene rings is 8. The van der Waals surface area contributed by atoms with Crippen molar-refractivity contribution in [2.24, 2.45) is 0 Å². The van der Waals surface area contributed by atoms with Crippen LogP contribution in [0.4, 0.5) is 0 Å². The fraction of sp³-hybridized carbons (Fsp3) is 0.0200. The first-order valence-corrected chi connectivity index (χ1v) is 18.4. The highest BCUT2D eigenvalue weighted by Gasteiger charge is 2.48. The van der Waals surface area contributed by atoms with E-state index in [2.05, 4.69) is 115 Å². The molecule has 0 unspecified atom stereocenters. The molecule has 0 radical (unpaired) electrons. The molecule has 1 aliphatic heterocycles. The summed E-state index contributed by atoms with van der Waals surface area (Å²) in [6.45, 7) is 0. The third-order valence-electron chi connectivity index (χ3n) is 10.9. The molecule has 258 valence electrons. The van der Waals surface area contributed by atoms with Crippen molar-refractivity contribution in [1.29, 1.82) is 0 Å². The fourth-order valence-electron chi connectivity index (χ4n) is 8.51. The van der Waals surface area contributed by atoms with E-state index in [1.54, 1.807) is 0 Å². The number of hydrogen-bond donors (Lipinski definition) is 0. The van der Waals surface area contributed by atoms with Crippen LogP contribution in [0, 0.1) is 0 Å². The average molecular weight is 706 g/mol. The summed E-state index contributed by atoms with van der Waals surface area (Å²) in [5.74, 6) is 4.16. The van der Waals surface area contributed by atoms with Crippen LogP contribution in [0.2, 0.25) is 0 Å². The van der Waals surface area contributed by atoms with E-state index in [-0.39, 0.29) is 0 Å². The summed E-state index contributed by atoms with van der Waals surface area (Å²) in [6.07, 6.45) is 0. The molecule has 0 bridgehead atoms. The molecule has 8 aromatic carbocycles. The smallest absolute Gasteiger partial charge is 0.181 e. The van der Waals surface area contributed by atoms with E-state index in [9.17, 15) is 0 Å². The number of hydrogen-bond acceptors (Lipinski definition) is 5. The molecule has 0 saturated heterocycles. The zero-order valence-electron chi connectivity index (χ0n) is 29.6. The maximum Gasteiger partial charge on any atom is 0.181 e. The van der Waals surface area contributed by atoms with Crippen LogP contribution in [0.5, 0.6) is 23.0 Å². The van der Waals surface area contributed by atoms with Gasteiger partial charge in [0.2, 0.25) is 0 Å². The number of nitrogens with zero attached hydrogens (tertiary/aromatic N) is 3. The van der Waals surface area contributed by atoms with Crippen molar-refractivity contribution >= 4 is 10.8 Å². The van der Waals surface area contributed by atoms with Crippen molar-refractivity contribution in [2.75, 3.05) is 0 Å². The number of ether oxygens (including phenoxy) is 2. The quantitative estimate of drug-likeness (QED) is 0.178. The lowest BCUT2D eigenvalue weighted by Crippen LogP contribution is -2.28. The third-order valence-corrected chi connectivity index (χ3v) is 10.9. The van der Waals surface area contributed by atoms with E-state index in [1.165, 1.54) is 16.7 Å². The van der Waals surface area contributed by atoms with Gasteiger partial charge in [-0.05, 0) is 56.8 Å². The molecule has 11 rings (SSSR count). The van der Waals surface area contributed by atoms with E-state index in [0.29, 0.717) is 46.0 Å². The number of aromatic nitrogens is 3. The lowest BCUT2D eigenvalue weighted by atomic mass is 9.68. The lowest BCUT2D eigenvalue weighted by molar-refractivity contribution is 0.361. The molecular formula is C50H31N3O2. The normalized spacial score (nSPS) is 13.2. The monoisotopic (exact) mass is 705 g/mol. The summed E-state index contributed by atoms with van der Waals surface area (Å²) in [5, 5.41) is 2.19. The zero-order chi connectivity index (χ0) is 36.3. The van der Waals surface area contributed by atoms with Gasteiger partial charge in [-0.1, -0.05) is 170 Å². The first kappa shape index (κ1) is 31.2. The van der Waals surface area contributed by atoms with E-state index in [0.717, 1.165) is 38.6 Å². The molecule has 0 amide bonds. The highest BCUT2D eigenvalue weighted by molar-refractivity contribution is 5.96. The second-order valence-corrected chi connectivity index (χ2v) is 13.9. The van der Waals surface area contributed by atoms with Crippen LogP contribution in [0.1, 0.15) is 22.3 Å². The van der Waals surface area contributed by atoms with Gasteiger partial charge in [0.25, 0.3) is 0 Å². The second kappa shape index (κ2) is 12.4. The molecule has 9 aromatic rings. The summed E-state index contributed by atoms with van der Waals surface area (Å²) in [6, 6.07) is 64.9. The van der Waals surface area contributed by atoms with Crippen LogP contribution < -0.4 is 9.47 Å². The standard InChI is InChI=1S/C50H31N3O2/c1-4-17-33(18-5-1)47-51-48(37-26-14-19-32-16-10-11-24-36(32)37)53-49(52-47)39-27-15-29-42-45(39)54-43-31-30-41-44(46(43)55-42)38-25-12-13-28-40(38)50(41,34-20-6-2-7-21-34)35-22-8-3-9-23-35/h1-31H. The largest absolute Gasteiger partial charge is 0.449 e. The van der Waals surface area contributed by atoms with E-state index >= 15 is 0 Å². The third kappa shape index (κ3) is 4.76. The highest BCUT2D eigenvalue weighted by Crippen LogP contribution is 2.62. The summed E-state index contributed by atoms with van der Waals surface area (Å²) in [5.41, 5.74) is 8.89. The molecule has 5 nitrogen and oxygen atoms in total. The molecule has 2 heterocycles. The molecule has 2 aliphatic rings. The maximum atomic E-state index is 7.00. The Kier molecular flexibility index (Phi) is 7.01. The van der Waals surface area contributed by atoms with Gasteiger partial charge >= 0.3 is 0 Å². The molecule has 0 N–H and O–H groups in total. The van der Waals surface area contributed by atoms with Crippen molar-refractivity contribution in [3.05, 3.63) is 210 Å². The Morgan fingerprint density at radius 2 is 0.909 bits per heavy atom. The summed E-state index contributed by atoms with van der Waals surface area (Å²) in [4.78, 5) is 15.2. The Labute approximate surface area is 318 Å². The molecule has 0 fully saturated rings. The SMILES string of the molecule is c1ccc(-c2nc(-c3cccc4c3Oc3ccc5c(c3O4)-c3ccccc3C5(c3ccccc3)c3ccccc3)nc(-c3cccc4ccccc34)n2)cc1. The van der Waals surface area contributed by atoms with Crippen LogP contribution in [0.15, 0.2) is 188 Å². The first-order chi connectivity index (χ1) is 27.3. The summed E-state index contributed by atoms with van der Waals surface area (Å²) < 4.78 is 13.9. The molecule has 1 aliphatic carbocycles. The average Bonchev–Trinajstić information content (AvgIpc) is 3.57. The van der Waals surface area contributed by atoms with E-state index in [4.69, 9.17) is 24.4 Å². The van der Waals surface area contributed by atoms with Gasteiger partial charge in [-0.15, -0.1) is 0 Å². The molecule has 55 heavy (non-hydrogen) atoms. The minimum Gasteiger partial charge on any atom is -0.449 e. The van der Waals surface area contributed by atoms with Crippen molar-refractivity contribution in [3.63, 3.8) is 0 Å². The van der Waals surface area contributed by atoms with Gasteiger partial charge in [0.05, 0.1) is 11.0 Å². The molecule has 0 saturated carbocycles.